The van der Waals surface area contributed by atoms with Crippen LogP contribution in [0.2, 0.25) is 0 Å². The molecule has 0 bridgehead atoms. The van der Waals surface area contributed by atoms with Crippen molar-refractivity contribution in [3.63, 3.8) is 0 Å². The highest BCUT2D eigenvalue weighted by atomic mass is 19.1. The molecular formula is C23H21F4N3O2. The lowest BCUT2D eigenvalue weighted by Gasteiger charge is -2.23. The predicted octanol–water partition coefficient (Wildman–Crippen LogP) is 4.92. The number of pyridine rings is 1. The van der Waals surface area contributed by atoms with Gasteiger partial charge in [0.05, 0.1) is 29.5 Å². The molecule has 168 valence electrons. The fourth-order valence-electron chi connectivity index (χ4n) is 2.82. The normalized spacial score (nSPS) is 11.3. The van der Waals surface area contributed by atoms with E-state index in [1.54, 1.807) is 0 Å². The van der Waals surface area contributed by atoms with E-state index in [4.69, 9.17) is 10.5 Å². The Morgan fingerprint density at radius 2 is 1.69 bits per heavy atom. The Bertz CT molecular complexity index is 1130. The van der Waals surface area contributed by atoms with E-state index in [9.17, 15) is 18.0 Å². The van der Waals surface area contributed by atoms with Crippen LogP contribution in [0.15, 0.2) is 48.8 Å². The van der Waals surface area contributed by atoms with Gasteiger partial charge < -0.3 is 15.8 Å². The van der Waals surface area contributed by atoms with Crippen molar-refractivity contribution in [3.8, 4) is 16.9 Å². The number of carbonyl (C=O) groups is 1. The molecule has 3 N–H and O–H groups in total. The van der Waals surface area contributed by atoms with Crippen LogP contribution in [-0.2, 0) is 0 Å². The number of amides is 1. The van der Waals surface area contributed by atoms with Crippen LogP contribution in [0.25, 0.3) is 11.1 Å². The average Bonchev–Trinajstić information content (AvgIpc) is 2.75. The lowest BCUT2D eigenvalue weighted by molar-refractivity contribution is 0.102. The van der Waals surface area contributed by atoms with Crippen LogP contribution in [0.4, 0.5) is 23.2 Å². The predicted molar refractivity (Wildman–Crippen MR) is 112 cm³/mol. The second kappa shape index (κ2) is 9.35. The first-order chi connectivity index (χ1) is 15.1. The third-order valence-electron chi connectivity index (χ3n) is 4.75. The van der Waals surface area contributed by atoms with Crippen molar-refractivity contribution in [1.82, 2.24) is 4.98 Å². The van der Waals surface area contributed by atoms with Crippen LogP contribution in [0.3, 0.4) is 0 Å². The van der Waals surface area contributed by atoms with Crippen LogP contribution < -0.4 is 15.8 Å². The highest BCUT2D eigenvalue weighted by molar-refractivity contribution is 6.05. The molecule has 3 rings (SSSR count). The fourth-order valence-corrected chi connectivity index (χ4v) is 2.82. The molecule has 3 aromatic rings. The smallest absolute Gasteiger partial charge is 0.258 e. The molecule has 0 saturated carbocycles. The molecule has 0 saturated heterocycles. The van der Waals surface area contributed by atoms with Crippen molar-refractivity contribution in [2.24, 2.45) is 11.1 Å². The Kier molecular flexibility index (Phi) is 6.78. The monoisotopic (exact) mass is 447 g/mol. The van der Waals surface area contributed by atoms with Crippen molar-refractivity contribution in [1.29, 1.82) is 0 Å². The number of nitrogens with one attached hydrogen (secondary N) is 1. The molecule has 0 aliphatic carbocycles. The lowest BCUT2D eigenvalue weighted by atomic mass is 9.95. The Morgan fingerprint density at radius 1 is 1.03 bits per heavy atom. The highest BCUT2D eigenvalue weighted by Gasteiger charge is 2.25. The molecule has 0 aliphatic heterocycles. The molecule has 1 amide bonds. The topological polar surface area (TPSA) is 77.2 Å². The molecule has 0 atom stereocenters. The van der Waals surface area contributed by atoms with Crippen molar-refractivity contribution in [3.05, 3.63) is 77.6 Å². The zero-order valence-corrected chi connectivity index (χ0v) is 17.4. The summed E-state index contributed by atoms with van der Waals surface area (Å²) in [5, 5.41) is 2.44. The third-order valence-corrected chi connectivity index (χ3v) is 4.75. The molecule has 2 aromatic carbocycles. The summed E-state index contributed by atoms with van der Waals surface area (Å²) in [4.78, 5) is 16.7. The molecule has 0 unspecified atom stereocenters. The summed E-state index contributed by atoms with van der Waals surface area (Å²) in [6, 6.07) is 5.96. The lowest BCUT2D eigenvalue weighted by Crippen LogP contribution is -2.30. The number of anilines is 1. The van der Waals surface area contributed by atoms with Gasteiger partial charge in [-0.1, -0.05) is 19.9 Å². The van der Waals surface area contributed by atoms with Gasteiger partial charge in [0.15, 0.2) is 0 Å². The Hall–Kier alpha value is -3.46. The highest BCUT2D eigenvalue weighted by Crippen LogP contribution is 2.33. The van der Waals surface area contributed by atoms with Crippen LogP contribution in [0, 0.1) is 28.7 Å². The minimum Gasteiger partial charge on any atom is -0.491 e. The van der Waals surface area contributed by atoms with E-state index < -0.39 is 45.9 Å². The van der Waals surface area contributed by atoms with Crippen molar-refractivity contribution < 1.29 is 27.1 Å². The Morgan fingerprint density at radius 3 is 2.34 bits per heavy atom. The number of hydrogen-bond acceptors (Lipinski definition) is 4. The van der Waals surface area contributed by atoms with Gasteiger partial charge in [-0.15, -0.1) is 0 Å². The Labute approximate surface area is 182 Å². The maximum atomic E-state index is 15.1. The van der Waals surface area contributed by atoms with Gasteiger partial charge in [-0.25, -0.2) is 17.6 Å². The fraction of sp³-hybridized carbons (Fsp3) is 0.217. The summed E-state index contributed by atoms with van der Waals surface area (Å²) >= 11 is 0. The zero-order valence-electron chi connectivity index (χ0n) is 17.4. The Balaban J connectivity index is 1.94. The van der Waals surface area contributed by atoms with E-state index >= 15 is 4.39 Å². The van der Waals surface area contributed by atoms with E-state index in [2.05, 4.69) is 10.3 Å². The van der Waals surface area contributed by atoms with E-state index in [0.717, 1.165) is 30.3 Å². The van der Waals surface area contributed by atoms with E-state index in [-0.39, 0.29) is 23.5 Å². The number of ether oxygens (including phenoxy) is 1. The first-order valence-electron chi connectivity index (χ1n) is 9.65. The quantitative estimate of drug-likeness (QED) is 0.504. The number of nitrogens with two attached hydrogens (primary N) is 1. The van der Waals surface area contributed by atoms with Gasteiger partial charge in [0.25, 0.3) is 5.91 Å². The number of nitrogens with zero attached hydrogens (tertiary/aromatic N) is 1. The maximum absolute atomic E-state index is 15.1. The second-order valence-electron chi connectivity index (χ2n) is 7.86. The SMILES string of the molecule is CC(C)(CN)COc1ccncc1NC(=O)c1ccc(F)c(-c2c(F)cccc2F)c1F. The summed E-state index contributed by atoms with van der Waals surface area (Å²) in [5.74, 6) is -5.65. The van der Waals surface area contributed by atoms with Crippen molar-refractivity contribution >= 4 is 11.6 Å². The molecule has 0 fully saturated rings. The largest absolute Gasteiger partial charge is 0.491 e. The molecule has 32 heavy (non-hydrogen) atoms. The van der Waals surface area contributed by atoms with E-state index in [0.29, 0.717) is 6.54 Å². The van der Waals surface area contributed by atoms with Gasteiger partial charge in [0, 0.05) is 24.2 Å². The minimum absolute atomic E-state index is 0.132. The zero-order chi connectivity index (χ0) is 23.5. The molecule has 1 aromatic heterocycles. The minimum atomic E-state index is -1.40. The van der Waals surface area contributed by atoms with Crippen molar-refractivity contribution in [2.45, 2.75) is 13.8 Å². The van der Waals surface area contributed by atoms with Crippen molar-refractivity contribution in [2.75, 3.05) is 18.5 Å². The maximum Gasteiger partial charge on any atom is 0.258 e. The standard InChI is InChI=1S/C23H21F4N3O2/c1-23(2,11-28)12-32-18-8-9-29-10-17(18)30-22(31)13-6-7-16(26)20(21(13)27)19-14(24)4-3-5-15(19)25/h3-10H,11-12,28H2,1-2H3,(H,30,31). The third kappa shape index (κ3) is 4.88. The molecule has 0 radical (unpaired) electrons. The number of hydrogen-bond donors (Lipinski definition) is 2. The molecular weight excluding hydrogens is 426 g/mol. The van der Waals surface area contributed by atoms with E-state index in [1.165, 1.54) is 18.5 Å². The van der Waals surface area contributed by atoms with Gasteiger partial charge in [0.1, 0.15) is 34.7 Å². The van der Waals surface area contributed by atoms with Gasteiger partial charge in [-0.3, -0.25) is 9.78 Å². The van der Waals surface area contributed by atoms with Gasteiger partial charge in [-0.05, 0) is 24.3 Å². The number of carbonyl (C=O) groups excluding carboxylic acids is 1. The number of rotatable bonds is 7. The number of benzene rings is 2. The molecule has 0 spiro atoms. The molecule has 5 nitrogen and oxygen atoms in total. The summed E-state index contributed by atoms with van der Waals surface area (Å²) in [6.45, 7) is 4.38. The molecule has 9 heteroatoms. The van der Waals surface area contributed by atoms with Crippen LogP contribution in [-0.4, -0.2) is 24.0 Å². The van der Waals surface area contributed by atoms with Crippen LogP contribution in [0.1, 0.15) is 24.2 Å². The first-order valence-corrected chi connectivity index (χ1v) is 9.65. The number of aromatic nitrogens is 1. The van der Waals surface area contributed by atoms with Gasteiger partial charge >= 0.3 is 0 Å². The van der Waals surface area contributed by atoms with Crippen LogP contribution in [0.5, 0.6) is 5.75 Å². The summed E-state index contributed by atoms with van der Waals surface area (Å²) in [5.41, 5.74) is 3.00. The van der Waals surface area contributed by atoms with Crippen LogP contribution >= 0.6 is 0 Å². The summed E-state index contributed by atoms with van der Waals surface area (Å²) < 4.78 is 63.4. The van der Waals surface area contributed by atoms with E-state index in [1.807, 2.05) is 13.8 Å². The average molecular weight is 447 g/mol. The number of halogens is 4. The second-order valence-corrected chi connectivity index (χ2v) is 7.86. The molecule has 0 aliphatic rings. The molecule has 1 heterocycles. The summed E-state index contributed by atoms with van der Waals surface area (Å²) in [6.07, 6.45) is 2.74. The van der Waals surface area contributed by atoms with Gasteiger partial charge in [-0.2, -0.15) is 0 Å². The first kappa shape index (κ1) is 23.2. The van der Waals surface area contributed by atoms with Gasteiger partial charge in [0.2, 0.25) is 0 Å². The summed E-state index contributed by atoms with van der Waals surface area (Å²) in [7, 11) is 0.